The molecule has 1 saturated heterocycles. The van der Waals surface area contributed by atoms with E-state index in [1.165, 1.54) is 22.6 Å². The number of nitrogens with zero attached hydrogens (tertiary/aromatic N) is 3. The molecule has 2 aliphatic rings. The van der Waals surface area contributed by atoms with E-state index >= 15 is 0 Å². The number of aryl methyl sites for hydroxylation is 1. The molecule has 0 radical (unpaired) electrons. The van der Waals surface area contributed by atoms with Crippen molar-refractivity contribution >= 4 is 43.0 Å². The minimum absolute atomic E-state index is 0. The SMILES string of the molecule is CC(C)(C)[C@H]1CCc2nc3sc(C(=O)C[C@H](CCN4CC(c5ccccn5)C4)c4cccc(NS(C)(=O)=O)c4)cc3cc2C1.[NH4+]. The van der Waals surface area contributed by atoms with Crippen molar-refractivity contribution in [2.24, 2.45) is 11.3 Å². The van der Waals surface area contributed by atoms with Gasteiger partial charge in [0.05, 0.1) is 11.1 Å². The van der Waals surface area contributed by atoms with Crippen molar-refractivity contribution < 1.29 is 13.2 Å². The van der Waals surface area contributed by atoms with Crippen LogP contribution in [0.25, 0.3) is 10.2 Å². The standard InChI is InChI=1S/C35H42N4O3S2.H3N/c1-35(2,3)28-11-12-31-25(17-28)16-26-20-33(43-34(26)37-31)32(40)19-24(23-8-7-9-29(18-23)38-44(4,41)42)13-15-39-21-27(22-39)30-10-5-6-14-36-30;/h5-10,14,16,18,20,24,27-28,38H,11-13,15,17,19,21-22H2,1-4H3;1H3/p+1/t24-,28-;/m0./s1. The summed E-state index contributed by atoms with van der Waals surface area (Å²) in [7, 11) is -3.41. The smallest absolute Gasteiger partial charge is 0.229 e. The van der Waals surface area contributed by atoms with E-state index < -0.39 is 10.0 Å². The molecule has 2 atom stereocenters. The van der Waals surface area contributed by atoms with E-state index in [-0.39, 0.29) is 23.3 Å². The van der Waals surface area contributed by atoms with Gasteiger partial charge in [-0.1, -0.05) is 39.0 Å². The summed E-state index contributed by atoms with van der Waals surface area (Å²) in [5.74, 6) is 1.14. The molecule has 0 saturated carbocycles. The van der Waals surface area contributed by atoms with Gasteiger partial charge in [-0.3, -0.25) is 14.5 Å². The molecule has 0 amide bonds. The number of fused-ring (bicyclic) bond motifs is 2. The van der Waals surface area contributed by atoms with Crippen LogP contribution >= 0.6 is 11.3 Å². The lowest BCUT2D eigenvalue weighted by Gasteiger charge is -2.39. The Bertz CT molecular complexity index is 1760. The summed E-state index contributed by atoms with van der Waals surface area (Å²) in [5, 5.41) is 1.06. The topological polar surface area (TPSA) is 129 Å². The molecule has 4 heterocycles. The molecule has 8 nitrogen and oxygen atoms in total. The third-order valence-electron chi connectivity index (χ3n) is 9.32. The van der Waals surface area contributed by atoms with Crippen molar-refractivity contribution in [1.29, 1.82) is 0 Å². The van der Waals surface area contributed by atoms with Gasteiger partial charge in [-0.15, -0.1) is 11.3 Å². The molecule has 0 spiro atoms. The van der Waals surface area contributed by atoms with Crippen LogP contribution in [-0.4, -0.2) is 55.0 Å². The third-order valence-corrected chi connectivity index (χ3v) is 11.0. The van der Waals surface area contributed by atoms with Crippen LogP contribution in [0.3, 0.4) is 0 Å². The lowest BCUT2D eigenvalue weighted by atomic mass is 9.71. The van der Waals surface area contributed by atoms with E-state index in [4.69, 9.17) is 4.98 Å². The zero-order valence-corrected chi connectivity index (χ0v) is 28.7. The number of carbonyl (C=O) groups excluding carboxylic acids is 1. The molecule has 6 rings (SSSR count). The Morgan fingerprint density at radius 3 is 2.62 bits per heavy atom. The van der Waals surface area contributed by atoms with Gasteiger partial charge < -0.3 is 11.1 Å². The first-order valence-corrected chi connectivity index (χ1v) is 18.3. The number of anilines is 1. The minimum Gasteiger partial charge on any atom is -0.369 e. The lowest BCUT2D eigenvalue weighted by Crippen LogP contribution is -2.45. The van der Waals surface area contributed by atoms with Crippen molar-refractivity contribution in [3.05, 3.63) is 88.2 Å². The van der Waals surface area contributed by atoms with Crippen molar-refractivity contribution in [2.75, 3.05) is 30.6 Å². The second-order valence-electron chi connectivity index (χ2n) is 13.7. The van der Waals surface area contributed by atoms with Crippen LogP contribution in [0.15, 0.2) is 60.8 Å². The summed E-state index contributed by atoms with van der Waals surface area (Å²) in [4.78, 5) is 27.5. The van der Waals surface area contributed by atoms with Gasteiger partial charge in [0, 0.05) is 54.1 Å². The molecule has 1 aromatic carbocycles. The average Bonchev–Trinajstić information content (AvgIpc) is 3.36. The number of quaternary nitrogens is 1. The number of pyridine rings is 2. The van der Waals surface area contributed by atoms with Gasteiger partial charge in [-0.25, -0.2) is 13.4 Å². The van der Waals surface area contributed by atoms with E-state index in [9.17, 15) is 13.2 Å². The predicted molar refractivity (Wildman–Crippen MR) is 185 cm³/mol. The molecule has 240 valence electrons. The van der Waals surface area contributed by atoms with Gasteiger partial charge in [0.15, 0.2) is 5.78 Å². The number of Topliss-reactive ketones (excluding diaryl/α,β-unsaturated/α-hetero) is 1. The fraction of sp³-hybridized carbons (Fsp3) is 0.457. The van der Waals surface area contributed by atoms with Crippen LogP contribution in [0.5, 0.6) is 0 Å². The molecule has 3 aromatic heterocycles. The maximum Gasteiger partial charge on any atom is 0.229 e. The molecule has 1 aliphatic heterocycles. The number of ketones is 1. The van der Waals surface area contributed by atoms with Crippen molar-refractivity contribution in [2.45, 2.75) is 64.7 Å². The summed E-state index contributed by atoms with van der Waals surface area (Å²) >= 11 is 1.50. The Hall–Kier alpha value is -3.18. The largest absolute Gasteiger partial charge is 0.369 e. The first-order chi connectivity index (χ1) is 20.9. The van der Waals surface area contributed by atoms with Crippen molar-refractivity contribution in [3.8, 4) is 0 Å². The van der Waals surface area contributed by atoms with Crippen molar-refractivity contribution in [3.63, 3.8) is 0 Å². The first kappa shape index (κ1) is 33.2. The summed E-state index contributed by atoms with van der Waals surface area (Å²) < 4.78 is 26.4. The Labute approximate surface area is 271 Å². The average molecular weight is 649 g/mol. The number of hydrogen-bond acceptors (Lipinski definition) is 7. The third kappa shape index (κ3) is 7.98. The Kier molecular flexibility index (Phi) is 9.79. The highest BCUT2D eigenvalue weighted by molar-refractivity contribution is 7.92. The van der Waals surface area contributed by atoms with E-state index in [1.54, 1.807) is 6.07 Å². The fourth-order valence-corrected chi connectivity index (χ4v) is 8.21. The van der Waals surface area contributed by atoms with Crippen LogP contribution in [0.2, 0.25) is 0 Å². The number of likely N-dealkylation sites (tertiary alicyclic amines) is 1. The molecular formula is C35H46N5O3S2+. The molecule has 1 fully saturated rings. The molecular weight excluding hydrogens is 603 g/mol. The van der Waals surface area contributed by atoms with E-state index in [0.29, 0.717) is 23.9 Å². The summed E-state index contributed by atoms with van der Waals surface area (Å²) in [6.45, 7) is 9.73. The second-order valence-corrected chi connectivity index (χ2v) is 16.5. The number of nitrogens with one attached hydrogen (secondary N) is 1. The van der Waals surface area contributed by atoms with Crippen molar-refractivity contribution in [1.82, 2.24) is 21.0 Å². The molecule has 10 heteroatoms. The van der Waals surface area contributed by atoms with Gasteiger partial charge in [-0.2, -0.15) is 0 Å². The number of carbonyl (C=O) groups is 1. The van der Waals surface area contributed by atoms with E-state index in [2.05, 4.69) is 47.5 Å². The number of hydrogen-bond donors (Lipinski definition) is 2. The number of aromatic nitrogens is 2. The lowest BCUT2D eigenvalue weighted by molar-refractivity contribution is 0.0966. The number of rotatable bonds is 10. The van der Waals surface area contributed by atoms with E-state index in [0.717, 1.165) is 77.9 Å². The Morgan fingerprint density at radius 2 is 1.91 bits per heavy atom. The van der Waals surface area contributed by atoms with Crippen LogP contribution in [0.1, 0.15) is 84.1 Å². The number of benzene rings is 1. The van der Waals surface area contributed by atoms with Crippen LogP contribution < -0.4 is 10.9 Å². The Morgan fingerprint density at radius 1 is 1.11 bits per heavy atom. The zero-order chi connectivity index (χ0) is 31.1. The highest BCUT2D eigenvalue weighted by Gasteiger charge is 2.31. The van der Waals surface area contributed by atoms with Gasteiger partial charge >= 0.3 is 0 Å². The predicted octanol–water partition coefficient (Wildman–Crippen LogP) is 7.44. The quantitative estimate of drug-likeness (QED) is 0.172. The van der Waals surface area contributed by atoms with Gasteiger partial charge in [0.2, 0.25) is 10.0 Å². The maximum atomic E-state index is 13.8. The van der Waals surface area contributed by atoms with Gasteiger partial charge in [-0.05, 0) is 97.0 Å². The molecule has 1 aliphatic carbocycles. The molecule has 0 bridgehead atoms. The van der Waals surface area contributed by atoms with Gasteiger partial charge in [0.25, 0.3) is 0 Å². The highest BCUT2D eigenvalue weighted by atomic mass is 32.2. The zero-order valence-electron chi connectivity index (χ0n) is 27.0. The van der Waals surface area contributed by atoms with Gasteiger partial charge in [0.1, 0.15) is 4.83 Å². The van der Waals surface area contributed by atoms with Crippen LogP contribution in [0, 0.1) is 11.3 Å². The molecule has 0 unspecified atom stereocenters. The van der Waals surface area contributed by atoms with Crippen LogP contribution in [-0.2, 0) is 22.9 Å². The number of sulfonamides is 1. The maximum absolute atomic E-state index is 13.8. The highest BCUT2D eigenvalue weighted by Crippen LogP contribution is 2.39. The normalized spacial score (nSPS) is 18.1. The first-order valence-electron chi connectivity index (χ1n) is 15.6. The van der Waals surface area contributed by atoms with Crippen LogP contribution in [0.4, 0.5) is 5.69 Å². The van der Waals surface area contributed by atoms with E-state index in [1.807, 2.05) is 42.6 Å². The molecule has 5 N–H and O–H groups in total. The Balaban J connectivity index is 0.00000400. The minimum atomic E-state index is -3.41. The molecule has 4 aromatic rings. The fourth-order valence-electron chi connectivity index (χ4n) is 6.68. The monoisotopic (exact) mass is 648 g/mol. The second kappa shape index (κ2) is 13.3. The summed E-state index contributed by atoms with van der Waals surface area (Å²) in [6.07, 6.45) is 7.34. The number of thiophene rings is 1. The summed E-state index contributed by atoms with van der Waals surface area (Å²) in [5.41, 5.74) is 5.39. The summed E-state index contributed by atoms with van der Waals surface area (Å²) in [6, 6.07) is 17.8. The molecule has 45 heavy (non-hydrogen) atoms.